The molecule has 1 fully saturated rings. The minimum absolute atomic E-state index is 0.0598. The van der Waals surface area contributed by atoms with E-state index in [-0.39, 0.29) is 5.12 Å². The lowest BCUT2D eigenvalue weighted by atomic mass is 9.86. The van der Waals surface area contributed by atoms with E-state index in [9.17, 15) is 9.90 Å². The van der Waals surface area contributed by atoms with Crippen molar-refractivity contribution in [1.82, 2.24) is 0 Å². The summed E-state index contributed by atoms with van der Waals surface area (Å²) < 4.78 is 0. The van der Waals surface area contributed by atoms with E-state index in [1.807, 2.05) is 30.3 Å². The number of thioether (sulfide) groups is 1. The van der Waals surface area contributed by atoms with Crippen LogP contribution >= 0.6 is 11.8 Å². The van der Waals surface area contributed by atoms with Gasteiger partial charge >= 0.3 is 0 Å². The molecule has 0 saturated heterocycles. The molecule has 0 bridgehead atoms. The fraction of sp³-hybridized carbons (Fsp3) is 0.500. The molecule has 0 radical (unpaired) electrons. The van der Waals surface area contributed by atoms with Gasteiger partial charge in [0.05, 0.1) is 5.60 Å². The molecule has 0 heterocycles. The number of carbonyl (C=O) groups is 1. The second-order valence-electron chi connectivity index (χ2n) is 4.73. The monoisotopic (exact) mass is 250 g/mol. The molecule has 1 N–H and O–H groups in total. The lowest BCUT2D eigenvalue weighted by Crippen LogP contribution is -2.34. The van der Waals surface area contributed by atoms with Crippen molar-refractivity contribution in [3.05, 3.63) is 35.9 Å². The Labute approximate surface area is 106 Å². The number of hydrogen-bond acceptors (Lipinski definition) is 3. The molecule has 92 valence electrons. The van der Waals surface area contributed by atoms with Gasteiger partial charge in [0.1, 0.15) is 0 Å². The maximum Gasteiger partial charge on any atom is 0.219 e. The summed E-state index contributed by atoms with van der Waals surface area (Å²) in [6, 6.07) is 9.27. The van der Waals surface area contributed by atoms with Crippen LogP contribution in [0.25, 0.3) is 0 Å². The fourth-order valence-electron chi connectivity index (χ4n) is 2.21. The zero-order valence-corrected chi connectivity index (χ0v) is 10.7. The Morgan fingerprint density at radius 1 is 1.18 bits per heavy atom. The third-order valence-corrected chi connectivity index (χ3v) is 4.45. The highest BCUT2D eigenvalue weighted by molar-refractivity contribution is 8.14. The van der Waals surface area contributed by atoms with Crippen molar-refractivity contribution in [1.29, 1.82) is 0 Å². The molecule has 0 aliphatic heterocycles. The number of aliphatic hydroxyl groups is 1. The molecule has 0 amide bonds. The molecule has 1 aromatic rings. The summed E-state index contributed by atoms with van der Waals surface area (Å²) in [6.07, 6.45) is 5.04. The molecule has 1 aliphatic rings. The largest absolute Gasteiger partial charge is 0.389 e. The van der Waals surface area contributed by atoms with Crippen LogP contribution in [0.4, 0.5) is 0 Å². The van der Waals surface area contributed by atoms with Crippen LogP contribution in [0.2, 0.25) is 0 Å². The SMILES string of the molecule is O=C(SCC1(O)CCCCC1)c1ccccc1. The zero-order chi connectivity index (χ0) is 12.1. The van der Waals surface area contributed by atoms with Crippen molar-refractivity contribution in [3.8, 4) is 0 Å². The lowest BCUT2D eigenvalue weighted by molar-refractivity contribution is 0.0272. The summed E-state index contributed by atoms with van der Waals surface area (Å²) in [7, 11) is 0. The van der Waals surface area contributed by atoms with Crippen LogP contribution < -0.4 is 0 Å². The lowest BCUT2D eigenvalue weighted by Gasteiger charge is -2.31. The molecule has 2 nitrogen and oxygen atoms in total. The van der Waals surface area contributed by atoms with Gasteiger partial charge in [-0.1, -0.05) is 61.4 Å². The summed E-state index contributed by atoms with van der Waals surface area (Å²) in [4.78, 5) is 11.9. The van der Waals surface area contributed by atoms with Crippen molar-refractivity contribution in [3.63, 3.8) is 0 Å². The van der Waals surface area contributed by atoms with Crippen molar-refractivity contribution >= 4 is 16.9 Å². The summed E-state index contributed by atoms with van der Waals surface area (Å²) in [5.74, 6) is 0.528. The van der Waals surface area contributed by atoms with E-state index in [0.717, 1.165) is 31.2 Å². The number of hydrogen-bond donors (Lipinski definition) is 1. The van der Waals surface area contributed by atoms with Crippen molar-refractivity contribution < 1.29 is 9.90 Å². The quantitative estimate of drug-likeness (QED) is 0.894. The molecule has 0 aromatic heterocycles. The molecule has 0 atom stereocenters. The molecule has 1 saturated carbocycles. The first kappa shape index (κ1) is 12.7. The Morgan fingerprint density at radius 3 is 2.47 bits per heavy atom. The third-order valence-electron chi connectivity index (χ3n) is 3.27. The molecule has 2 rings (SSSR count). The van der Waals surface area contributed by atoms with Gasteiger partial charge in [0.2, 0.25) is 5.12 Å². The Morgan fingerprint density at radius 2 is 1.82 bits per heavy atom. The van der Waals surface area contributed by atoms with Gasteiger partial charge in [-0.3, -0.25) is 4.79 Å². The fourth-order valence-corrected chi connectivity index (χ4v) is 3.20. The van der Waals surface area contributed by atoms with Crippen LogP contribution in [0.5, 0.6) is 0 Å². The zero-order valence-electron chi connectivity index (χ0n) is 9.89. The highest BCUT2D eigenvalue weighted by Gasteiger charge is 2.30. The van der Waals surface area contributed by atoms with E-state index in [0.29, 0.717) is 5.75 Å². The number of rotatable bonds is 3. The molecular formula is C14H18O2S. The first-order valence-electron chi connectivity index (χ1n) is 6.14. The van der Waals surface area contributed by atoms with Gasteiger partial charge in [0.25, 0.3) is 0 Å². The minimum atomic E-state index is -0.618. The van der Waals surface area contributed by atoms with Gasteiger partial charge in [-0.2, -0.15) is 0 Å². The maximum atomic E-state index is 11.9. The molecule has 0 spiro atoms. The van der Waals surface area contributed by atoms with Crippen molar-refractivity contribution in [2.45, 2.75) is 37.7 Å². The Kier molecular flexibility index (Phi) is 4.24. The second-order valence-corrected chi connectivity index (χ2v) is 5.68. The smallest absolute Gasteiger partial charge is 0.219 e. The summed E-state index contributed by atoms with van der Waals surface area (Å²) in [5.41, 5.74) is 0.102. The Bertz CT molecular complexity index is 369. The van der Waals surface area contributed by atoms with Crippen molar-refractivity contribution in [2.75, 3.05) is 5.75 Å². The van der Waals surface area contributed by atoms with Gasteiger partial charge in [0.15, 0.2) is 0 Å². The summed E-state index contributed by atoms with van der Waals surface area (Å²) in [6.45, 7) is 0. The van der Waals surface area contributed by atoms with Gasteiger partial charge in [-0.25, -0.2) is 0 Å². The molecular weight excluding hydrogens is 232 g/mol. The van der Waals surface area contributed by atoms with E-state index >= 15 is 0 Å². The standard InChI is InChI=1S/C14H18O2S/c15-13(12-7-3-1-4-8-12)17-11-14(16)9-5-2-6-10-14/h1,3-4,7-8,16H,2,5-6,9-11H2. The van der Waals surface area contributed by atoms with Crippen LogP contribution in [-0.2, 0) is 0 Å². The van der Waals surface area contributed by atoms with Crippen LogP contribution in [0.15, 0.2) is 30.3 Å². The van der Waals surface area contributed by atoms with Crippen LogP contribution in [-0.4, -0.2) is 21.6 Å². The number of benzene rings is 1. The third kappa shape index (κ3) is 3.58. The topological polar surface area (TPSA) is 37.3 Å². The summed E-state index contributed by atoms with van der Waals surface area (Å²) >= 11 is 1.25. The van der Waals surface area contributed by atoms with E-state index in [2.05, 4.69) is 0 Å². The average Bonchev–Trinajstić information content (AvgIpc) is 2.38. The molecule has 17 heavy (non-hydrogen) atoms. The van der Waals surface area contributed by atoms with Gasteiger partial charge < -0.3 is 5.11 Å². The minimum Gasteiger partial charge on any atom is -0.389 e. The number of carbonyl (C=O) groups excluding carboxylic acids is 1. The molecule has 1 aliphatic carbocycles. The van der Waals surface area contributed by atoms with Crippen LogP contribution in [0.3, 0.4) is 0 Å². The van der Waals surface area contributed by atoms with E-state index in [1.165, 1.54) is 18.2 Å². The Balaban J connectivity index is 1.87. The van der Waals surface area contributed by atoms with E-state index < -0.39 is 5.60 Å². The predicted molar refractivity (Wildman–Crippen MR) is 71.3 cm³/mol. The highest BCUT2D eigenvalue weighted by atomic mass is 32.2. The first-order valence-corrected chi connectivity index (χ1v) is 7.13. The molecule has 0 unspecified atom stereocenters. The first-order chi connectivity index (χ1) is 8.20. The second kappa shape index (κ2) is 5.69. The van der Waals surface area contributed by atoms with Gasteiger partial charge in [-0.15, -0.1) is 0 Å². The Hall–Kier alpha value is -0.800. The van der Waals surface area contributed by atoms with Crippen LogP contribution in [0.1, 0.15) is 42.5 Å². The predicted octanol–water partition coefficient (Wildman–Crippen LogP) is 3.26. The van der Waals surface area contributed by atoms with E-state index in [4.69, 9.17) is 0 Å². The molecule has 1 aromatic carbocycles. The highest BCUT2D eigenvalue weighted by Crippen LogP contribution is 2.31. The van der Waals surface area contributed by atoms with Crippen molar-refractivity contribution in [2.24, 2.45) is 0 Å². The molecule has 3 heteroatoms. The van der Waals surface area contributed by atoms with E-state index in [1.54, 1.807) is 0 Å². The van der Waals surface area contributed by atoms with Gasteiger partial charge in [-0.05, 0) is 12.8 Å². The van der Waals surface area contributed by atoms with Gasteiger partial charge in [0, 0.05) is 11.3 Å². The average molecular weight is 250 g/mol. The maximum absolute atomic E-state index is 11.9. The summed E-state index contributed by atoms with van der Waals surface area (Å²) in [5, 5.41) is 10.4. The normalized spacial score (nSPS) is 18.9. The van der Waals surface area contributed by atoms with Crippen LogP contribution in [0, 0.1) is 0 Å².